The van der Waals surface area contributed by atoms with Gasteiger partial charge in [-0.3, -0.25) is 9.69 Å². The molecule has 1 aromatic carbocycles. The molecule has 36 heavy (non-hydrogen) atoms. The van der Waals surface area contributed by atoms with Gasteiger partial charge in [-0.05, 0) is 37.8 Å². The number of methoxy groups -OCH3 is 1. The van der Waals surface area contributed by atoms with Crippen molar-refractivity contribution in [2.24, 2.45) is 11.8 Å². The van der Waals surface area contributed by atoms with Crippen molar-refractivity contribution in [1.82, 2.24) is 15.2 Å². The summed E-state index contributed by atoms with van der Waals surface area (Å²) in [5.41, 5.74) is 1.06. The first-order chi connectivity index (χ1) is 17.4. The molecule has 2 aromatic rings. The second-order valence-corrected chi connectivity index (χ2v) is 10.7. The minimum absolute atomic E-state index is 0.0246. The molecule has 198 valence electrons. The number of halogens is 1. The number of unbranched alkanes of at least 4 members (excludes halogenated alkanes) is 1. The lowest BCUT2D eigenvalue weighted by Crippen LogP contribution is -3.20. The highest BCUT2D eigenvalue weighted by atomic mass is 19.1. The lowest BCUT2D eigenvalue weighted by Gasteiger charge is -2.34. The first-order valence-corrected chi connectivity index (χ1v) is 13.5. The average Bonchev–Trinajstić information content (AvgIpc) is 3.53. The third-order valence-electron chi connectivity index (χ3n) is 7.51. The molecule has 4 rings (SSSR count). The highest BCUT2D eigenvalue weighted by molar-refractivity contribution is 5.85. The fourth-order valence-corrected chi connectivity index (χ4v) is 5.74. The van der Waals surface area contributed by atoms with Crippen LogP contribution in [0, 0.1) is 17.7 Å². The minimum Gasteiger partial charge on any atom is -0.385 e. The van der Waals surface area contributed by atoms with Gasteiger partial charge in [-0.25, -0.2) is 18.7 Å². The quantitative estimate of drug-likeness (QED) is 0.337. The molecule has 0 saturated carbocycles. The van der Waals surface area contributed by atoms with Crippen LogP contribution in [0.4, 0.5) is 4.39 Å². The van der Waals surface area contributed by atoms with Crippen LogP contribution >= 0.6 is 0 Å². The molecule has 0 radical (unpaired) electrons. The van der Waals surface area contributed by atoms with Gasteiger partial charge in [-0.2, -0.15) is 0 Å². The van der Waals surface area contributed by atoms with E-state index < -0.39 is 0 Å². The number of fused-ring (bicyclic) bond motifs is 1. The van der Waals surface area contributed by atoms with E-state index in [1.54, 1.807) is 13.2 Å². The van der Waals surface area contributed by atoms with E-state index in [1.807, 2.05) is 15.5 Å². The number of aromatic nitrogens is 2. The van der Waals surface area contributed by atoms with Gasteiger partial charge >= 0.3 is 11.7 Å². The molecule has 2 amide bonds. The number of benzene rings is 1. The zero-order chi connectivity index (χ0) is 25.7. The summed E-state index contributed by atoms with van der Waals surface area (Å²) in [7, 11) is 1.67. The van der Waals surface area contributed by atoms with Gasteiger partial charge in [-0.1, -0.05) is 19.9 Å². The number of aromatic amines is 1. The molecule has 9 heteroatoms. The average molecular weight is 504 g/mol. The number of hydrogen-bond donors (Lipinski definition) is 3. The van der Waals surface area contributed by atoms with Crippen LogP contribution in [-0.4, -0.2) is 74.2 Å². The topological polar surface area (TPSA) is 82.8 Å². The number of amides is 2. The van der Waals surface area contributed by atoms with Crippen LogP contribution in [0.3, 0.4) is 0 Å². The summed E-state index contributed by atoms with van der Waals surface area (Å²) in [6, 6.07) is 4.89. The molecule has 2 aliphatic heterocycles. The van der Waals surface area contributed by atoms with E-state index in [4.69, 9.17) is 4.74 Å². The van der Waals surface area contributed by atoms with Crippen LogP contribution in [0.2, 0.25) is 0 Å². The normalized spacial score (nSPS) is 21.4. The Balaban J connectivity index is 1.61. The van der Waals surface area contributed by atoms with Crippen LogP contribution in [0.15, 0.2) is 18.2 Å². The number of likely N-dealkylation sites (tertiary alicyclic amines) is 1. The molecule has 2 saturated heterocycles. The Bertz CT molecular complexity index is 1050. The number of nitrogens with one attached hydrogen (secondary N) is 3. The number of rotatable bonds is 10. The molecule has 1 aromatic heterocycles. The van der Waals surface area contributed by atoms with E-state index >= 15 is 0 Å². The number of aryl methyl sites for hydroxylation is 1. The molecule has 3 heterocycles. The van der Waals surface area contributed by atoms with Crippen molar-refractivity contribution in [3.05, 3.63) is 29.8 Å². The van der Waals surface area contributed by atoms with E-state index in [2.05, 4.69) is 24.1 Å². The van der Waals surface area contributed by atoms with Crippen molar-refractivity contribution >= 4 is 22.8 Å². The Morgan fingerprint density at radius 1 is 1.22 bits per heavy atom. The Morgan fingerprint density at radius 3 is 2.72 bits per heavy atom. The smallest absolute Gasteiger partial charge is 0.385 e. The molecular formula is C27H42FN5O3+2. The lowest BCUT2D eigenvalue weighted by molar-refractivity contribution is -0.851. The van der Waals surface area contributed by atoms with Crippen molar-refractivity contribution in [2.75, 3.05) is 46.4 Å². The van der Waals surface area contributed by atoms with Gasteiger partial charge in [0.1, 0.15) is 6.04 Å². The maximum absolute atomic E-state index is 14.9. The number of para-hydroxylation sites is 1. The van der Waals surface area contributed by atoms with E-state index in [1.165, 1.54) is 6.07 Å². The molecule has 2 fully saturated rings. The monoisotopic (exact) mass is 503 g/mol. The second-order valence-electron chi connectivity index (χ2n) is 10.7. The third kappa shape index (κ3) is 5.95. The number of quaternary nitrogens is 1. The highest BCUT2D eigenvalue weighted by Crippen LogP contribution is 2.18. The Labute approximate surface area is 213 Å². The van der Waals surface area contributed by atoms with Gasteiger partial charge in [0, 0.05) is 52.2 Å². The van der Waals surface area contributed by atoms with Gasteiger partial charge in [-0.15, -0.1) is 0 Å². The van der Waals surface area contributed by atoms with Gasteiger partial charge in [0.15, 0.2) is 11.3 Å². The Morgan fingerprint density at radius 2 is 2.00 bits per heavy atom. The van der Waals surface area contributed by atoms with Crippen molar-refractivity contribution in [3.8, 4) is 0 Å². The van der Waals surface area contributed by atoms with Crippen molar-refractivity contribution < 1.29 is 28.2 Å². The van der Waals surface area contributed by atoms with Gasteiger partial charge in [0.25, 0.3) is 0 Å². The van der Waals surface area contributed by atoms with E-state index in [9.17, 15) is 14.0 Å². The van der Waals surface area contributed by atoms with E-state index in [-0.39, 0.29) is 35.5 Å². The molecule has 3 atom stereocenters. The Hall–Kier alpha value is -2.36. The Kier molecular flexibility index (Phi) is 9.09. The fourth-order valence-electron chi connectivity index (χ4n) is 5.74. The van der Waals surface area contributed by atoms with E-state index in [0.717, 1.165) is 43.7 Å². The van der Waals surface area contributed by atoms with Crippen LogP contribution in [0.1, 0.15) is 56.6 Å². The van der Waals surface area contributed by atoms with Crippen molar-refractivity contribution in [1.29, 1.82) is 0 Å². The third-order valence-corrected chi connectivity index (χ3v) is 7.51. The lowest BCUT2D eigenvalue weighted by atomic mass is 9.92. The van der Waals surface area contributed by atoms with Crippen LogP contribution < -0.4 is 14.8 Å². The number of carbonyl (C=O) groups excluding carboxylic acids is 2. The predicted octanol–water partition coefficient (Wildman–Crippen LogP) is 1.30. The zero-order valence-corrected chi connectivity index (χ0v) is 21.9. The largest absolute Gasteiger partial charge is 0.426 e. The molecule has 2 unspecified atom stereocenters. The SMILES string of the molecule is COCCCC[n+]1c(C(=O)[NH+](CC(C)C)[C@@H]2CNCC(C(=O)N3CCCC3)C2)[nH]c2cccc(F)c21. The molecule has 3 N–H and O–H groups in total. The summed E-state index contributed by atoms with van der Waals surface area (Å²) in [5, 5.41) is 3.44. The number of piperidine rings is 1. The van der Waals surface area contributed by atoms with Crippen molar-refractivity contribution in [3.63, 3.8) is 0 Å². The standard InChI is InChI=1S/C27H40FN5O3/c1-19(2)18-33(21-15-20(16-29-17-21)26(34)31-11-4-5-12-31)27(35)25-30-23-10-8-9-22(28)24(23)32(25)13-6-7-14-36-3/h8-10,19-21,29H,4-7,11-18H2,1-3H3/p+2/t20?,21-/m0/s1. The maximum Gasteiger partial charge on any atom is 0.426 e. The van der Waals surface area contributed by atoms with Crippen LogP contribution in [0.5, 0.6) is 0 Å². The maximum atomic E-state index is 14.9. The molecule has 0 spiro atoms. The number of carbonyl (C=O) groups is 2. The molecule has 8 nitrogen and oxygen atoms in total. The first-order valence-electron chi connectivity index (χ1n) is 13.5. The number of imidazole rings is 1. The van der Waals surface area contributed by atoms with Crippen molar-refractivity contribution in [2.45, 2.75) is 58.5 Å². The number of hydrogen-bond acceptors (Lipinski definition) is 4. The van der Waals surface area contributed by atoms with Crippen LogP contribution in [-0.2, 0) is 16.1 Å². The number of ether oxygens (including phenoxy) is 1. The minimum atomic E-state index is -0.337. The fraction of sp³-hybridized carbons (Fsp3) is 0.667. The van der Waals surface area contributed by atoms with E-state index in [0.29, 0.717) is 56.1 Å². The molecular weight excluding hydrogens is 461 g/mol. The highest BCUT2D eigenvalue weighted by Gasteiger charge is 2.42. The summed E-state index contributed by atoms with van der Waals surface area (Å²) in [4.78, 5) is 33.3. The van der Waals surface area contributed by atoms with Gasteiger partial charge < -0.3 is 15.0 Å². The van der Waals surface area contributed by atoms with Gasteiger partial charge in [0.2, 0.25) is 11.4 Å². The van der Waals surface area contributed by atoms with Gasteiger partial charge in [0.05, 0.1) is 19.0 Å². The summed E-state index contributed by atoms with van der Waals surface area (Å²) in [6.07, 6.45) is 4.42. The molecule has 0 bridgehead atoms. The number of nitrogens with zero attached hydrogens (tertiary/aromatic N) is 2. The second kappa shape index (κ2) is 12.3. The zero-order valence-electron chi connectivity index (χ0n) is 21.9. The molecule has 0 aliphatic carbocycles. The predicted molar refractivity (Wildman–Crippen MR) is 135 cm³/mol. The molecule has 2 aliphatic rings. The summed E-state index contributed by atoms with van der Waals surface area (Å²) in [6.45, 7) is 9.04. The number of H-pyrrole nitrogens is 1. The summed E-state index contributed by atoms with van der Waals surface area (Å²) >= 11 is 0. The first kappa shape index (κ1) is 26.7. The summed E-state index contributed by atoms with van der Waals surface area (Å²) in [5.74, 6) is 0.411. The van der Waals surface area contributed by atoms with Crippen LogP contribution in [0.25, 0.3) is 11.0 Å². The summed E-state index contributed by atoms with van der Waals surface area (Å²) < 4.78 is 21.9.